The van der Waals surface area contributed by atoms with E-state index in [-0.39, 0.29) is 110 Å². The Hall–Kier alpha value is -13.3. The van der Waals surface area contributed by atoms with Gasteiger partial charge in [-0.1, -0.05) is 161 Å². The van der Waals surface area contributed by atoms with E-state index in [1.54, 1.807) is 67.0 Å². The molecule has 2 atom stereocenters. The Morgan fingerprint density at radius 3 is 1.22 bits per heavy atom. The average Bonchev–Trinajstić information content (AvgIpc) is 1.71. The lowest BCUT2D eigenvalue weighted by molar-refractivity contribution is -0.384. The van der Waals surface area contributed by atoms with E-state index in [9.17, 15) is 44.0 Å². The third-order valence-corrected chi connectivity index (χ3v) is 25.5. The fourth-order valence-corrected chi connectivity index (χ4v) is 16.8. The van der Waals surface area contributed by atoms with E-state index in [1.807, 2.05) is 142 Å². The molecule has 4 saturated carbocycles. The van der Waals surface area contributed by atoms with Crippen LogP contribution >= 0.6 is 63.7 Å². The molecule has 0 unspecified atom stereocenters. The fourth-order valence-electron chi connectivity index (χ4n) is 15.7. The van der Waals surface area contributed by atoms with Crippen molar-refractivity contribution in [2.45, 2.75) is 194 Å². The van der Waals surface area contributed by atoms with Gasteiger partial charge in [-0.05, 0) is 201 Å². The summed E-state index contributed by atoms with van der Waals surface area (Å²) >= 11 is 13.4. The number of phenols is 1. The molecule has 2 N–H and O–H groups in total. The summed E-state index contributed by atoms with van der Waals surface area (Å²) in [7, 11) is 6.70. The number of esters is 2. The first-order valence-corrected chi connectivity index (χ1v) is 48.1. The second-order valence-corrected chi connectivity index (χ2v) is 36.7. The number of nitrogens with zero attached hydrogens (tertiary/aromatic N) is 10. The van der Waals surface area contributed by atoms with Crippen molar-refractivity contribution >= 4 is 106 Å². The number of rotatable bonds is 25. The largest absolute Gasteiger partial charge is 0.514 e. The van der Waals surface area contributed by atoms with Crippen LogP contribution in [0, 0.1) is 29.9 Å². The lowest BCUT2D eigenvalue weighted by Gasteiger charge is -2.29. The molecular weight excluding hydrogens is 2060 g/mol. The number of aliphatic hydroxyl groups is 1. The minimum atomic E-state index is -0.961. The number of oxazole rings is 4. The third-order valence-electron chi connectivity index (χ3n) is 23.4. The number of nitro benzene ring substituents is 1. The summed E-state index contributed by atoms with van der Waals surface area (Å²) in [5.41, 5.74) is 10.3. The van der Waals surface area contributed by atoms with Crippen LogP contribution in [0.1, 0.15) is 167 Å². The summed E-state index contributed by atoms with van der Waals surface area (Å²) in [4.78, 5) is 104. The Kier molecular flexibility index (Phi) is 39.1. The van der Waals surface area contributed by atoms with Crippen LogP contribution in [0.2, 0.25) is 0 Å². The smallest absolute Gasteiger partial charge is 0.508 e. The molecule has 3 amide bonds. The van der Waals surface area contributed by atoms with Gasteiger partial charge in [-0.15, -0.1) is 0 Å². The molecule has 34 nitrogen and oxygen atoms in total. The van der Waals surface area contributed by atoms with E-state index in [0.717, 1.165) is 152 Å². The Morgan fingerprint density at radius 2 is 0.813 bits per heavy atom. The van der Waals surface area contributed by atoms with Crippen LogP contribution in [0.4, 0.5) is 24.9 Å². The molecule has 139 heavy (non-hydrogen) atoms. The molecule has 6 aromatic heterocycles. The van der Waals surface area contributed by atoms with Gasteiger partial charge in [0.25, 0.3) is 5.69 Å². The predicted molar refractivity (Wildman–Crippen MR) is 523 cm³/mol. The highest BCUT2D eigenvalue weighted by molar-refractivity contribution is 9.11. The molecule has 0 radical (unpaired) electrons. The van der Waals surface area contributed by atoms with E-state index in [0.29, 0.717) is 75.4 Å². The van der Waals surface area contributed by atoms with E-state index in [1.165, 1.54) is 69.8 Å². The van der Waals surface area contributed by atoms with Crippen LogP contribution in [0.3, 0.4) is 0 Å². The minimum Gasteiger partial charge on any atom is -0.508 e. The second kappa shape index (κ2) is 51.9. The van der Waals surface area contributed by atoms with Gasteiger partial charge in [-0.2, -0.15) is 0 Å². The van der Waals surface area contributed by atoms with Crippen LogP contribution in [-0.4, -0.2) is 155 Å². The molecule has 17 rings (SSSR count). The molecule has 13 aromatic rings. The number of non-ortho nitro benzene ring substituents is 1. The molecule has 6 heterocycles. The van der Waals surface area contributed by atoms with Crippen molar-refractivity contribution in [3.05, 3.63) is 269 Å². The number of aromatic nitrogens is 6. The van der Waals surface area contributed by atoms with Gasteiger partial charge in [-0.3, -0.25) is 14.9 Å². The molecule has 38 heteroatoms. The number of carbonyl (C=O) groups excluding carboxylic acids is 6. The quantitative estimate of drug-likeness (QED) is 0.0176. The van der Waals surface area contributed by atoms with Crippen molar-refractivity contribution in [3.63, 3.8) is 0 Å². The van der Waals surface area contributed by atoms with Gasteiger partial charge in [-0.25, -0.2) is 43.9 Å². The number of carbonyl (C=O) groups is 6. The number of nitro groups is 1. The number of aryl methyl sites for hydroxylation is 2. The first-order chi connectivity index (χ1) is 67.1. The van der Waals surface area contributed by atoms with Gasteiger partial charge >= 0.3 is 36.4 Å². The molecule has 732 valence electrons. The molecule has 0 bridgehead atoms. The van der Waals surface area contributed by atoms with Gasteiger partial charge in [0.2, 0.25) is 5.76 Å². The summed E-state index contributed by atoms with van der Waals surface area (Å²) in [6, 6.07) is 50.5. The summed E-state index contributed by atoms with van der Waals surface area (Å²) in [5, 5.41) is 37.2. The van der Waals surface area contributed by atoms with Crippen LogP contribution in [0.25, 0.3) is 67.5 Å². The maximum Gasteiger partial charge on any atom is 0.514 e. The minimum absolute atomic E-state index is 0.0181. The first kappa shape index (κ1) is 105. The monoisotopic (exact) mass is 2160 g/mol. The zero-order valence-corrected chi connectivity index (χ0v) is 84.0. The summed E-state index contributed by atoms with van der Waals surface area (Å²) < 4.78 is 77.9. The molecule has 0 spiro atoms. The van der Waals surface area contributed by atoms with E-state index < -0.39 is 17.0 Å². The molecule has 4 aliphatic carbocycles. The van der Waals surface area contributed by atoms with Crippen LogP contribution in [0.15, 0.2) is 240 Å². The van der Waals surface area contributed by atoms with E-state index in [4.69, 9.17) is 65.0 Å². The standard InChI is InChI=1S/C28H38N2O6.C18H22N2O4.C17H11BrN2O6.C17H19BrN2O3.C11H8BrNO3.C10H8BrNO2/c1-18(2)34-27(31)21-8-7-11-24(16-21)35-23-14-12-20(13-15-23)26-25(19(3)36-29-26)17-33-28(32)30(4)22-9-5-6-10-22;1-12-16(11-23-18(22)20(2)14-5-3-4-6-14)17(19-24-12)13-7-9-15(21)10-8-13;18-12-3-1-11(2-4-12)16-15(25-10-19-16)9-24-17(21)26-14-7-5-13(6-8-14)20(22)23;1-20(14-4-2-3-5-14)17(21)22-10-15-16(19-11-23-15)12-6-8-13(18)9-7-12;1-15-11(14)10-9(13-6-16-10)7-2-4-8(12)5-3-7;11-8-3-1-7(2-4-8)10-9(5-13)14-6-12-10/h12-15,18,21-22,24H,5-11,16-17H2,1-4H3;7-10,14,21H,3-6,11H2,1-2H3;1-8,10H,9H2;6-9,11,14H,2-5,10H2,1H3;2-6H,1H3;1-4,6,13H,5H2/t21-,24-;;;;;/m0...../s1. The summed E-state index contributed by atoms with van der Waals surface area (Å²) in [6.07, 6.45) is 19.8. The van der Waals surface area contributed by atoms with Gasteiger partial charge in [0.1, 0.15) is 82.8 Å². The van der Waals surface area contributed by atoms with Crippen molar-refractivity contribution in [1.82, 2.24) is 44.9 Å². The number of hydrogen-bond acceptors (Lipinski definition) is 30. The number of amides is 3. The first-order valence-electron chi connectivity index (χ1n) is 45.0. The number of methoxy groups -OCH3 is 1. The van der Waals surface area contributed by atoms with Crippen molar-refractivity contribution in [2.75, 3.05) is 28.3 Å². The van der Waals surface area contributed by atoms with Crippen molar-refractivity contribution in [3.8, 4) is 84.8 Å². The van der Waals surface area contributed by atoms with Crippen molar-refractivity contribution in [1.29, 1.82) is 0 Å². The normalized spacial score (nSPS) is 14.4. The van der Waals surface area contributed by atoms with Gasteiger partial charge < -0.3 is 89.5 Å². The van der Waals surface area contributed by atoms with Crippen LogP contribution < -0.4 is 9.47 Å². The molecule has 4 fully saturated rings. The lowest BCUT2D eigenvalue weighted by Crippen LogP contribution is -2.35. The van der Waals surface area contributed by atoms with E-state index in [2.05, 4.69) is 98.7 Å². The predicted octanol–water partition coefficient (Wildman–Crippen LogP) is 24.7. The molecule has 0 saturated heterocycles. The molecule has 0 aliphatic heterocycles. The number of aliphatic hydroxyl groups excluding tert-OH is 1. The van der Waals surface area contributed by atoms with Crippen molar-refractivity contribution < 1.29 is 109 Å². The molecule has 4 aliphatic rings. The number of halogens is 4. The van der Waals surface area contributed by atoms with Crippen molar-refractivity contribution in [2.24, 2.45) is 5.92 Å². The second-order valence-electron chi connectivity index (χ2n) is 33.1. The maximum absolute atomic E-state index is 12.5. The molecule has 7 aromatic carbocycles. The average molecular weight is 2160 g/mol. The lowest BCUT2D eigenvalue weighted by atomic mass is 9.87. The number of ether oxygens (including phenoxy) is 8. The van der Waals surface area contributed by atoms with Gasteiger partial charge in [0.15, 0.2) is 56.1 Å². The van der Waals surface area contributed by atoms with Gasteiger partial charge in [0.05, 0.1) is 41.3 Å². The van der Waals surface area contributed by atoms with Crippen LogP contribution in [-0.2, 0) is 66.3 Å². The highest BCUT2D eigenvalue weighted by Gasteiger charge is 2.33. The molecular formula is C101H106Br4N10O24. The zero-order valence-electron chi connectivity index (χ0n) is 77.6. The third kappa shape index (κ3) is 30.1. The van der Waals surface area contributed by atoms with E-state index >= 15 is 0 Å². The SMILES string of the molecule is CN(C(=O)OCc1ocnc1-c1ccc(Br)cc1)C1CCCC1.COC(=O)c1ocnc1-c1ccc(Br)cc1.Cc1onc(-c2ccc(O)cc2)c1COC(=O)N(C)C1CCCC1.Cc1onc(-c2ccc(O[C@H]3CCC[C@H](C(=O)OC(C)C)C3)cc2)c1COC(=O)N(C)C1CCCC1.O=C(OCc1ocnc1-c1ccc(Br)cc1)Oc1ccc([N+](=O)[O-])cc1.OCc1ocnc1-c1ccc(Br)cc1. The Labute approximate surface area is 835 Å². The Balaban J connectivity index is 0.000000153. The summed E-state index contributed by atoms with van der Waals surface area (Å²) in [6.45, 7) is 7.36. The highest BCUT2D eigenvalue weighted by Crippen LogP contribution is 2.37. The van der Waals surface area contributed by atoms with Gasteiger partial charge in [0, 0.05) is 103 Å². The fraction of sp³-hybridized carbons (Fsp3) is 0.347. The number of aromatic hydroxyl groups is 1. The highest BCUT2D eigenvalue weighted by atomic mass is 79.9. The Bertz CT molecular complexity index is 6130. The Morgan fingerprint density at radius 1 is 0.453 bits per heavy atom. The number of benzene rings is 7. The maximum atomic E-state index is 12.5. The van der Waals surface area contributed by atoms with Crippen LogP contribution in [0.5, 0.6) is 17.2 Å². The summed E-state index contributed by atoms with van der Waals surface area (Å²) in [5.74, 6) is 3.07. The number of hydrogen-bond donors (Lipinski definition) is 2. The number of phenolic OH excluding ortho intramolecular Hbond substituents is 1. The topological polar surface area (TPSA) is 426 Å². The zero-order chi connectivity index (χ0) is 99.0.